The van der Waals surface area contributed by atoms with Crippen molar-refractivity contribution in [3.05, 3.63) is 23.2 Å². The van der Waals surface area contributed by atoms with Crippen LogP contribution in [0.5, 0.6) is 0 Å². The molecule has 7 heteroatoms. The van der Waals surface area contributed by atoms with E-state index in [1.165, 1.54) is 6.07 Å². The zero-order chi connectivity index (χ0) is 9.35. The van der Waals surface area contributed by atoms with Gasteiger partial charge in [-0.2, -0.15) is 0 Å². The van der Waals surface area contributed by atoms with Gasteiger partial charge in [0, 0.05) is 0 Å². The first-order chi connectivity index (χ1) is 5.41. The molecule has 0 aliphatic carbocycles. The molecular weight excluding hydrogens is 241 g/mol. The van der Waals surface area contributed by atoms with Crippen molar-refractivity contribution in [1.29, 1.82) is 0 Å². The normalized spacial score (nSPS) is 10.6. The molecule has 1 rings (SSSR count). The van der Waals surface area contributed by atoms with Gasteiger partial charge in [-0.1, -0.05) is 11.6 Å². The van der Waals surface area contributed by atoms with E-state index in [1.807, 2.05) is 0 Å². The summed E-state index contributed by atoms with van der Waals surface area (Å²) in [6.45, 7) is 0. The van der Waals surface area contributed by atoms with Gasteiger partial charge < -0.3 is 10.3 Å². The van der Waals surface area contributed by atoms with E-state index in [1.54, 1.807) is 0 Å². The summed E-state index contributed by atoms with van der Waals surface area (Å²) in [4.78, 5) is -0.373. The number of benzene rings is 1. The average molecular weight is 246 g/mol. The number of nitrogen functional groups attached to an aromatic ring is 1. The van der Waals surface area contributed by atoms with Crippen LogP contribution < -0.4 is 57.1 Å². The molecular formula is C6H5ClKNO3S. The van der Waals surface area contributed by atoms with Crippen LogP contribution in [0, 0.1) is 0 Å². The molecule has 1 aromatic rings. The van der Waals surface area contributed by atoms with Gasteiger partial charge >= 0.3 is 51.4 Å². The van der Waals surface area contributed by atoms with E-state index in [2.05, 4.69) is 0 Å². The van der Waals surface area contributed by atoms with E-state index in [-0.39, 0.29) is 67.0 Å². The number of hydrogen-bond donors (Lipinski definition) is 1. The van der Waals surface area contributed by atoms with E-state index in [0.29, 0.717) is 0 Å². The second-order valence-electron chi connectivity index (χ2n) is 2.14. The molecule has 1 aromatic carbocycles. The molecule has 0 fully saturated rings. The maximum absolute atomic E-state index is 10.4. The quantitative estimate of drug-likeness (QED) is 0.347. The van der Waals surface area contributed by atoms with Crippen LogP contribution in [0.3, 0.4) is 0 Å². The molecule has 0 saturated heterocycles. The first kappa shape index (κ1) is 13.9. The van der Waals surface area contributed by atoms with Gasteiger partial charge in [0.25, 0.3) is 0 Å². The molecule has 4 nitrogen and oxygen atoms in total. The summed E-state index contributed by atoms with van der Waals surface area (Å²) in [6.07, 6.45) is 0. The molecule has 0 aliphatic heterocycles. The molecule has 0 unspecified atom stereocenters. The van der Waals surface area contributed by atoms with E-state index in [0.717, 1.165) is 12.1 Å². The average Bonchev–Trinajstić information content (AvgIpc) is 1.92. The van der Waals surface area contributed by atoms with Gasteiger partial charge in [0.05, 0.1) is 15.6 Å². The first-order valence-corrected chi connectivity index (χ1v) is 4.71. The van der Waals surface area contributed by atoms with Crippen LogP contribution in [0.1, 0.15) is 0 Å². The zero-order valence-electron chi connectivity index (χ0n) is 6.82. The third-order valence-corrected chi connectivity index (χ3v) is 2.42. The number of hydrogen-bond acceptors (Lipinski definition) is 4. The number of halogens is 1. The summed E-state index contributed by atoms with van der Waals surface area (Å²) < 4.78 is 31.3. The third kappa shape index (κ3) is 3.84. The Morgan fingerprint density at radius 3 is 2.31 bits per heavy atom. The minimum atomic E-state index is -4.43. The maximum atomic E-state index is 10.4. The molecule has 0 aromatic heterocycles. The summed E-state index contributed by atoms with van der Waals surface area (Å²) in [5, 5.41) is 0.0620. The molecule has 0 bridgehead atoms. The Labute approximate surface area is 124 Å². The Morgan fingerprint density at radius 2 is 1.92 bits per heavy atom. The number of rotatable bonds is 1. The van der Waals surface area contributed by atoms with E-state index >= 15 is 0 Å². The monoisotopic (exact) mass is 245 g/mol. The molecule has 0 heterocycles. The molecule has 0 spiro atoms. The van der Waals surface area contributed by atoms with Crippen molar-refractivity contribution in [2.24, 2.45) is 0 Å². The smallest absolute Gasteiger partial charge is 0.744 e. The Hall–Kier alpha value is 0.856. The summed E-state index contributed by atoms with van der Waals surface area (Å²) in [7, 11) is -4.43. The predicted molar refractivity (Wildman–Crippen MR) is 43.8 cm³/mol. The summed E-state index contributed by atoms with van der Waals surface area (Å²) in [5.41, 5.74) is 5.54. The molecule has 0 radical (unpaired) electrons. The largest absolute Gasteiger partial charge is 1.00 e. The maximum Gasteiger partial charge on any atom is 1.00 e. The van der Waals surface area contributed by atoms with Gasteiger partial charge in [-0.3, -0.25) is 0 Å². The summed E-state index contributed by atoms with van der Waals surface area (Å²) in [5.74, 6) is 0. The fourth-order valence-corrected chi connectivity index (χ4v) is 1.41. The van der Waals surface area contributed by atoms with E-state index in [4.69, 9.17) is 17.3 Å². The van der Waals surface area contributed by atoms with Crippen molar-refractivity contribution < 1.29 is 64.4 Å². The van der Waals surface area contributed by atoms with Crippen LogP contribution >= 0.6 is 11.6 Å². The molecule has 0 aliphatic rings. The fraction of sp³-hybridized carbons (Fsp3) is 0. The van der Waals surface area contributed by atoms with Crippen LogP contribution in [-0.4, -0.2) is 13.0 Å². The molecule has 0 saturated carbocycles. The molecule has 0 atom stereocenters. The van der Waals surface area contributed by atoms with Crippen molar-refractivity contribution in [1.82, 2.24) is 0 Å². The summed E-state index contributed by atoms with van der Waals surface area (Å²) in [6, 6.07) is 3.41. The van der Waals surface area contributed by atoms with Gasteiger partial charge in [-0.05, 0) is 18.2 Å². The van der Waals surface area contributed by atoms with Crippen molar-refractivity contribution in [2.45, 2.75) is 4.90 Å². The molecule has 13 heavy (non-hydrogen) atoms. The molecule has 0 amide bonds. The topological polar surface area (TPSA) is 83.2 Å². The van der Waals surface area contributed by atoms with Crippen LogP contribution in [-0.2, 0) is 10.1 Å². The minimum Gasteiger partial charge on any atom is -0.744 e. The van der Waals surface area contributed by atoms with E-state index in [9.17, 15) is 13.0 Å². The van der Waals surface area contributed by atoms with Crippen LogP contribution in [0.2, 0.25) is 5.02 Å². The third-order valence-electron chi connectivity index (χ3n) is 1.26. The first-order valence-electron chi connectivity index (χ1n) is 2.92. The Balaban J connectivity index is 0.00000144. The summed E-state index contributed by atoms with van der Waals surface area (Å²) >= 11 is 5.49. The van der Waals surface area contributed by atoms with Crippen molar-refractivity contribution in [3.8, 4) is 0 Å². The molecule has 2 N–H and O–H groups in total. The van der Waals surface area contributed by atoms with E-state index < -0.39 is 10.1 Å². The van der Waals surface area contributed by atoms with Crippen LogP contribution in [0.15, 0.2) is 23.1 Å². The van der Waals surface area contributed by atoms with Gasteiger partial charge in [0.2, 0.25) is 0 Å². The van der Waals surface area contributed by atoms with Crippen LogP contribution in [0.25, 0.3) is 0 Å². The number of nitrogens with two attached hydrogens (primary N) is 1. The van der Waals surface area contributed by atoms with Crippen molar-refractivity contribution in [2.75, 3.05) is 5.73 Å². The van der Waals surface area contributed by atoms with Crippen molar-refractivity contribution in [3.63, 3.8) is 0 Å². The Kier molecular flexibility index (Phi) is 5.42. The Bertz CT molecular complexity index is 406. The van der Waals surface area contributed by atoms with Crippen molar-refractivity contribution >= 4 is 27.4 Å². The molecule has 66 valence electrons. The number of anilines is 1. The Morgan fingerprint density at radius 1 is 1.38 bits per heavy atom. The predicted octanol–water partition coefficient (Wildman–Crippen LogP) is -2.17. The van der Waals surface area contributed by atoms with Gasteiger partial charge in [0.15, 0.2) is 0 Å². The standard InChI is InChI=1S/C6H6ClNO3S.K/c7-5-3-4(12(9,10)11)1-2-6(5)8;/h1-3H,8H2,(H,9,10,11);/q;+1/p-1. The minimum absolute atomic E-state index is 0. The zero-order valence-corrected chi connectivity index (χ0v) is 11.5. The SMILES string of the molecule is Nc1ccc(S(=O)(=O)[O-])cc1Cl.[K+]. The van der Waals surface area contributed by atoms with Gasteiger partial charge in [0.1, 0.15) is 10.1 Å². The second-order valence-corrected chi connectivity index (χ2v) is 3.92. The van der Waals surface area contributed by atoms with Gasteiger partial charge in [-0.15, -0.1) is 0 Å². The van der Waals surface area contributed by atoms with Crippen LogP contribution in [0.4, 0.5) is 5.69 Å². The second kappa shape index (κ2) is 5.08. The van der Waals surface area contributed by atoms with Gasteiger partial charge in [-0.25, -0.2) is 8.42 Å². The fourth-order valence-electron chi connectivity index (χ4n) is 0.663.